The lowest BCUT2D eigenvalue weighted by Gasteiger charge is -2.15. The first kappa shape index (κ1) is 22.7. The van der Waals surface area contributed by atoms with Crippen LogP contribution in [0.4, 0.5) is 0 Å². The van der Waals surface area contributed by atoms with E-state index in [0.717, 1.165) is 21.4 Å². The Kier molecular flexibility index (Phi) is 5.60. The number of methoxy groups -OCH3 is 1. The number of nitrogens with zero attached hydrogens (tertiary/aromatic N) is 5. The molecule has 0 radical (unpaired) electrons. The molecule has 0 bridgehead atoms. The van der Waals surface area contributed by atoms with Gasteiger partial charge in [-0.2, -0.15) is 10.1 Å². The number of hydrogen-bond acceptors (Lipinski definition) is 7. The summed E-state index contributed by atoms with van der Waals surface area (Å²) in [5.74, 6) is 0.923. The summed E-state index contributed by atoms with van der Waals surface area (Å²) in [5.41, 5.74) is 5.71. The smallest absolute Gasteiger partial charge is 0.332 e. The van der Waals surface area contributed by atoms with Gasteiger partial charge in [0.05, 0.1) is 18.9 Å². The number of fused-ring (bicyclic) bond motifs is 1. The topological polar surface area (TPSA) is 105 Å². The largest absolute Gasteiger partial charge is 0.493 e. The third kappa shape index (κ3) is 3.85. The summed E-state index contributed by atoms with van der Waals surface area (Å²) in [5, 5.41) is 5.17. The van der Waals surface area contributed by atoms with Crippen LogP contribution in [-0.4, -0.2) is 31.5 Å². The van der Waals surface area contributed by atoms with Crippen LogP contribution in [0.15, 0.2) is 57.2 Å². The Bertz CT molecular complexity index is 1600. The van der Waals surface area contributed by atoms with Gasteiger partial charge in [-0.3, -0.25) is 18.5 Å². The molecule has 1 aliphatic rings. The fourth-order valence-electron chi connectivity index (χ4n) is 4.13. The lowest BCUT2D eigenvalue weighted by molar-refractivity contribution is 0.362. The Balaban J connectivity index is 1.43. The van der Waals surface area contributed by atoms with Gasteiger partial charge in [-0.25, -0.2) is 4.79 Å². The number of aromatic nitrogens is 4. The van der Waals surface area contributed by atoms with Gasteiger partial charge in [-0.15, -0.1) is 0 Å². The summed E-state index contributed by atoms with van der Waals surface area (Å²) in [6.45, 7) is 0. The van der Waals surface area contributed by atoms with Gasteiger partial charge in [0.15, 0.2) is 22.7 Å². The molecule has 4 aromatic rings. The maximum atomic E-state index is 12.6. The molecule has 0 aliphatic carbocycles. The van der Waals surface area contributed by atoms with Gasteiger partial charge in [0.1, 0.15) is 0 Å². The van der Waals surface area contributed by atoms with Crippen LogP contribution in [0.1, 0.15) is 23.6 Å². The van der Waals surface area contributed by atoms with E-state index in [1.807, 2.05) is 36.4 Å². The van der Waals surface area contributed by atoms with E-state index >= 15 is 0 Å². The van der Waals surface area contributed by atoms with E-state index in [0.29, 0.717) is 22.9 Å². The zero-order valence-corrected chi connectivity index (χ0v) is 20.3. The molecule has 3 heterocycles. The second kappa shape index (κ2) is 8.62. The molecule has 2 aromatic heterocycles. The summed E-state index contributed by atoms with van der Waals surface area (Å²) < 4.78 is 15.5. The van der Waals surface area contributed by atoms with Gasteiger partial charge >= 0.3 is 11.7 Å². The fourth-order valence-corrected chi connectivity index (χ4v) is 4.26. The Morgan fingerprint density at radius 1 is 1.00 bits per heavy atom. The van der Waals surface area contributed by atoms with E-state index in [4.69, 9.17) is 21.1 Å². The Labute approximate surface area is 205 Å². The molecule has 1 atom stereocenters. The van der Waals surface area contributed by atoms with E-state index in [-0.39, 0.29) is 23.2 Å². The van der Waals surface area contributed by atoms with Crippen LogP contribution in [0.3, 0.4) is 0 Å². The van der Waals surface area contributed by atoms with Gasteiger partial charge in [-0.05, 0) is 35.4 Å². The highest BCUT2D eigenvalue weighted by Gasteiger charge is 2.24. The number of rotatable bonds is 5. The SMILES string of the molecule is COc1cc(C2CC(c3ccc(Cl)cc3)=NN2)ccc1Oc1nc2c(c(=O)n(C)c(=O)n2C)n1C. The molecule has 180 valence electrons. The third-order valence-corrected chi connectivity index (χ3v) is 6.41. The molecular formula is C24H23ClN6O4. The minimum Gasteiger partial charge on any atom is -0.493 e. The first-order chi connectivity index (χ1) is 16.8. The van der Waals surface area contributed by atoms with Crippen LogP contribution in [0.5, 0.6) is 17.5 Å². The zero-order valence-electron chi connectivity index (χ0n) is 19.6. The number of hydrazone groups is 1. The van der Waals surface area contributed by atoms with E-state index in [1.54, 1.807) is 27.3 Å². The van der Waals surface area contributed by atoms with Crippen molar-refractivity contribution in [2.75, 3.05) is 7.11 Å². The zero-order chi connectivity index (χ0) is 24.9. The summed E-state index contributed by atoms with van der Waals surface area (Å²) >= 11 is 5.99. The molecule has 1 N–H and O–H groups in total. The number of benzene rings is 2. The lowest BCUT2D eigenvalue weighted by atomic mass is 9.99. The van der Waals surface area contributed by atoms with Crippen molar-refractivity contribution in [1.82, 2.24) is 24.1 Å². The van der Waals surface area contributed by atoms with Crippen molar-refractivity contribution in [3.63, 3.8) is 0 Å². The van der Waals surface area contributed by atoms with Crippen LogP contribution in [-0.2, 0) is 21.1 Å². The van der Waals surface area contributed by atoms with E-state index < -0.39 is 11.2 Å². The van der Waals surface area contributed by atoms with Crippen molar-refractivity contribution in [1.29, 1.82) is 0 Å². The van der Waals surface area contributed by atoms with Crippen molar-refractivity contribution in [2.24, 2.45) is 26.2 Å². The highest BCUT2D eigenvalue weighted by Crippen LogP contribution is 2.36. The average molecular weight is 495 g/mol. The molecule has 0 amide bonds. The summed E-state index contributed by atoms with van der Waals surface area (Å²) in [7, 11) is 6.21. The van der Waals surface area contributed by atoms with E-state index in [2.05, 4.69) is 15.5 Å². The van der Waals surface area contributed by atoms with Gasteiger partial charge in [-0.1, -0.05) is 29.8 Å². The van der Waals surface area contributed by atoms with Crippen LogP contribution in [0, 0.1) is 0 Å². The predicted octanol–water partition coefficient (Wildman–Crippen LogP) is 2.86. The van der Waals surface area contributed by atoms with Crippen LogP contribution < -0.4 is 26.1 Å². The predicted molar refractivity (Wildman–Crippen MR) is 133 cm³/mol. The minimum absolute atomic E-state index is 0.0306. The third-order valence-electron chi connectivity index (χ3n) is 6.16. The molecule has 35 heavy (non-hydrogen) atoms. The lowest BCUT2D eigenvalue weighted by Crippen LogP contribution is -2.37. The van der Waals surface area contributed by atoms with Crippen molar-refractivity contribution in [3.05, 3.63) is 79.5 Å². The maximum Gasteiger partial charge on any atom is 0.332 e. The second-order valence-corrected chi connectivity index (χ2v) is 8.73. The molecule has 11 heteroatoms. The van der Waals surface area contributed by atoms with Gasteiger partial charge < -0.3 is 14.9 Å². The van der Waals surface area contributed by atoms with Crippen LogP contribution >= 0.6 is 11.6 Å². The molecule has 0 saturated heterocycles. The Morgan fingerprint density at radius 3 is 2.46 bits per heavy atom. The minimum atomic E-state index is -0.460. The molecule has 1 aliphatic heterocycles. The van der Waals surface area contributed by atoms with Gasteiger partial charge in [0.25, 0.3) is 5.56 Å². The molecule has 2 aromatic carbocycles. The second-order valence-electron chi connectivity index (χ2n) is 8.29. The van der Waals surface area contributed by atoms with E-state index in [1.165, 1.54) is 16.2 Å². The van der Waals surface area contributed by atoms with Crippen molar-refractivity contribution in [2.45, 2.75) is 12.5 Å². The molecule has 1 unspecified atom stereocenters. The molecule has 0 spiro atoms. The van der Waals surface area contributed by atoms with Gasteiger partial charge in [0, 0.05) is 32.6 Å². The first-order valence-electron chi connectivity index (χ1n) is 10.8. The number of ether oxygens (including phenoxy) is 2. The number of nitrogens with one attached hydrogen (secondary N) is 1. The molecule has 5 rings (SSSR count). The molecular weight excluding hydrogens is 472 g/mol. The molecule has 0 fully saturated rings. The number of aryl methyl sites for hydroxylation is 2. The van der Waals surface area contributed by atoms with Gasteiger partial charge in [0.2, 0.25) is 0 Å². The first-order valence-corrected chi connectivity index (χ1v) is 11.2. The number of imidazole rings is 1. The van der Waals surface area contributed by atoms with Crippen LogP contribution in [0.25, 0.3) is 11.2 Å². The molecule has 0 saturated carbocycles. The Hall–Kier alpha value is -4.05. The highest BCUT2D eigenvalue weighted by atomic mass is 35.5. The van der Waals surface area contributed by atoms with Crippen molar-refractivity contribution >= 4 is 28.5 Å². The maximum absolute atomic E-state index is 12.6. The monoisotopic (exact) mass is 494 g/mol. The van der Waals surface area contributed by atoms with Crippen LogP contribution in [0.2, 0.25) is 5.02 Å². The number of halogens is 1. The van der Waals surface area contributed by atoms with Crippen molar-refractivity contribution in [3.8, 4) is 17.5 Å². The number of hydrogen-bond donors (Lipinski definition) is 1. The Morgan fingerprint density at radius 2 is 1.74 bits per heavy atom. The summed E-state index contributed by atoms with van der Waals surface area (Å²) in [4.78, 5) is 29.3. The molecule has 10 nitrogen and oxygen atoms in total. The quantitative estimate of drug-likeness (QED) is 0.457. The summed E-state index contributed by atoms with van der Waals surface area (Å²) in [6.07, 6.45) is 0.701. The highest BCUT2D eigenvalue weighted by molar-refractivity contribution is 6.30. The van der Waals surface area contributed by atoms with E-state index in [9.17, 15) is 9.59 Å². The standard InChI is InChI=1S/C24H23ClN6O4/c1-29-20-21(30(2)24(33)31(3)22(20)32)26-23(29)35-18-10-7-14(11-19(18)34-4)17-12-16(27-28-17)13-5-8-15(25)9-6-13/h5-11,17,28H,12H2,1-4H3. The normalized spacial score (nSPS) is 15.2. The van der Waals surface area contributed by atoms with Crippen molar-refractivity contribution < 1.29 is 9.47 Å². The fraction of sp³-hybridized carbons (Fsp3) is 0.250. The average Bonchev–Trinajstić information content (AvgIpc) is 3.48. The summed E-state index contributed by atoms with van der Waals surface area (Å²) in [6, 6.07) is 13.3.